The summed E-state index contributed by atoms with van der Waals surface area (Å²) in [6, 6.07) is 15.5. The molecule has 0 atom stereocenters. The van der Waals surface area contributed by atoms with Crippen LogP contribution in [0.1, 0.15) is 5.82 Å². The molecule has 27 heavy (non-hydrogen) atoms. The molecule has 0 fully saturated rings. The second kappa shape index (κ2) is 7.56. The summed E-state index contributed by atoms with van der Waals surface area (Å²) in [7, 11) is 1.74. The number of aromatic nitrogens is 5. The zero-order valence-corrected chi connectivity index (χ0v) is 18.0. The number of hydrogen-bond acceptors (Lipinski definition) is 5. The number of para-hydroxylation sites is 1. The Morgan fingerprint density at radius 3 is 2.78 bits per heavy atom. The number of thioether (sulfide) groups is 1. The lowest BCUT2D eigenvalue weighted by molar-refractivity contribution is 0.725. The molecule has 6 nitrogen and oxygen atoms in total. The zero-order chi connectivity index (χ0) is 19.0. The smallest absolute Gasteiger partial charge is 0.261 e. The molecule has 9 heteroatoms. The van der Waals surface area contributed by atoms with Crippen LogP contribution in [0.25, 0.3) is 16.6 Å². The number of rotatable bonds is 4. The van der Waals surface area contributed by atoms with Crippen LogP contribution in [-0.4, -0.2) is 24.3 Å². The first-order chi connectivity index (χ1) is 13.0. The second-order valence-corrected chi connectivity index (χ2v) is 8.40. The van der Waals surface area contributed by atoms with Gasteiger partial charge in [0.05, 0.1) is 16.7 Å². The molecule has 4 rings (SSSR count). The molecular formula is C18H14IN5OS2. The molecule has 0 saturated carbocycles. The highest BCUT2D eigenvalue weighted by Gasteiger charge is 2.13. The minimum atomic E-state index is -0.0528. The third kappa shape index (κ3) is 3.58. The molecule has 2 aromatic carbocycles. The van der Waals surface area contributed by atoms with Crippen molar-refractivity contribution in [2.24, 2.45) is 7.05 Å². The van der Waals surface area contributed by atoms with Gasteiger partial charge in [0.15, 0.2) is 9.93 Å². The molecule has 2 heterocycles. The number of aromatic amines is 1. The summed E-state index contributed by atoms with van der Waals surface area (Å²) in [6.07, 6.45) is 0. The van der Waals surface area contributed by atoms with Crippen LogP contribution in [0.2, 0.25) is 0 Å². The van der Waals surface area contributed by atoms with Gasteiger partial charge in [0.25, 0.3) is 5.56 Å². The first kappa shape index (κ1) is 18.4. The zero-order valence-electron chi connectivity index (χ0n) is 14.2. The fourth-order valence-electron chi connectivity index (χ4n) is 2.75. The third-order valence-electron chi connectivity index (χ3n) is 4.08. The van der Waals surface area contributed by atoms with E-state index in [1.54, 1.807) is 11.6 Å². The molecular weight excluding hydrogens is 493 g/mol. The summed E-state index contributed by atoms with van der Waals surface area (Å²) in [5.74, 6) is 1.30. The van der Waals surface area contributed by atoms with Gasteiger partial charge < -0.3 is 0 Å². The molecule has 0 radical (unpaired) electrons. The van der Waals surface area contributed by atoms with Crippen molar-refractivity contribution in [1.29, 1.82) is 0 Å². The standard InChI is InChI=1S/C18H14IN5OS2/c1-23-16(25)13-9-11(19)7-8-14(13)20-18(23)27-10-15-21-22-17(26)24(15)12-5-3-2-4-6-12/h2-9H,10H2,1H3,(H,22,26). The van der Waals surface area contributed by atoms with Gasteiger partial charge >= 0.3 is 0 Å². The van der Waals surface area contributed by atoms with Gasteiger partial charge in [-0.2, -0.15) is 5.10 Å². The number of nitrogens with one attached hydrogen (secondary N) is 1. The van der Waals surface area contributed by atoms with E-state index in [4.69, 9.17) is 12.2 Å². The van der Waals surface area contributed by atoms with Crippen LogP contribution in [0.3, 0.4) is 0 Å². The molecule has 0 bridgehead atoms. The molecule has 0 unspecified atom stereocenters. The van der Waals surface area contributed by atoms with E-state index in [0.29, 0.717) is 26.6 Å². The van der Waals surface area contributed by atoms with Gasteiger partial charge in [-0.3, -0.25) is 19.0 Å². The van der Waals surface area contributed by atoms with E-state index < -0.39 is 0 Å². The van der Waals surface area contributed by atoms with Gasteiger partial charge in [-0.05, 0) is 65.1 Å². The topological polar surface area (TPSA) is 68.5 Å². The van der Waals surface area contributed by atoms with E-state index in [-0.39, 0.29) is 5.56 Å². The van der Waals surface area contributed by atoms with Crippen molar-refractivity contribution in [3.8, 4) is 5.69 Å². The Morgan fingerprint density at radius 2 is 2.00 bits per heavy atom. The Morgan fingerprint density at radius 1 is 1.22 bits per heavy atom. The van der Waals surface area contributed by atoms with Crippen LogP contribution in [0.4, 0.5) is 0 Å². The largest absolute Gasteiger partial charge is 0.290 e. The van der Waals surface area contributed by atoms with Crippen molar-refractivity contribution in [1.82, 2.24) is 24.3 Å². The fourth-order valence-corrected chi connectivity index (χ4v) is 4.39. The Balaban J connectivity index is 1.69. The van der Waals surface area contributed by atoms with Crippen LogP contribution < -0.4 is 5.56 Å². The van der Waals surface area contributed by atoms with Gasteiger partial charge in [0, 0.05) is 16.3 Å². The summed E-state index contributed by atoms with van der Waals surface area (Å²) in [4.78, 5) is 17.3. The Labute approximate surface area is 177 Å². The maximum atomic E-state index is 12.7. The molecule has 0 aliphatic rings. The van der Waals surface area contributed by atoms with E-state index in [2.05, 4.69) is 37.8 Å². The van der Waals surface area contributed by atoms with Crippen molar-refractivity contribution in [3.63, 3.8) is 0 Å². The van der Waals surface area contributed by atoms with Crippen LogP contribution in [0.5, 0.6) is 0 Å². The number of nitrogens with zero attached hydrogens (tertiary/aromatic N) is 4. The van der Waals surface area contributed by atoms with Crippen LogP contribution in [0.15, 0.2) is 58.5 Å². The van der Waals surface area contributed by atoms with E-state index in [1.807, 2.05) is 53.1 Å². The average Bonchev–Trinajstić information content (AvgIpc) is 3.05. The number of hydrogen-bond donors (Lipinski definition) is 1. The lowest BCUT2D eigenvalue weighted by Gasteiger charge is -2.10. The average molecular weight is 507 g/mol. The summed E-state index contributed by atoms with van der Waals surface area (Å²) < 4.78 is 5.02. The Kier molecular flexibility index (Phi) is 5.15. The van der Waals surface area contributed by atoms with Crippen molar-refractivity contribution in [3.05, 3.63) is 73.1 Å². The van der Waals surface area contributed by atoms with E-state index in [1.165, 1.54) is 11.8 Å². The number of H-pyrrole nitrogens is 1. The molecule has 1 N–H and O–H groups in total. The quantitative estimate of drug-likeness (QED) is 0.195. The monoisotopic (exact) mass is 507 g/mol. The predicted molar refractivity (Wildman–Crippen MR) is 118 cm³/mol. The maximum Gasteiger partial charge on any atom is 0.261 e. The van der Waals surface area contributed by atoms with Gasteiger partial charge in [-0.25, -0.2) is 4.98 Å². The predicted octanol–water partition coefficient (Wildman–Crippen LogP) is 4.07. The van der Waals surface area contributed by atoms with E-state index in [0.717, 1.165) is 15.1 Å². The van der Waals surface area contributed by atoms with Gasteiger partial charge in [0.2, 0.25) is 0 Å². The maximum absolute atomic E-state index is 12.7. The fraction of sp³-hybridized carbons (Fsp3) is 0.111. The molecule has 0 spiro atoms. The first-order valence-electron chi connectivity index (χ1n) is 8.05. The van der Waals surface area contributed by atoms with E-state index >= 15 is 0 Å². The van der Waals surface area contributed by atoms with Gasteiger partial charge in [-0.15, -0.1) is 0 Å². The van der Waals surface area contributed by atoms with Gasteiger partial charge in [0.1, 0.15) is 5.82 Å². The highest BCUT2D eigenvalue weighted by atomic mass is 127. The number of halogens is 1. The highest BCUT2D eigenvalue weighted by molar-refractivity contribution is 14.1. The number of fused-ring (bicyclic) bond motifs is 1. The molecule has 4 aromatic rings. The van der Waals surface area contributed by atoms with Crippen LogP contribution >= 0.6 is 46.6 Å². The molecule has 136 valence electrons. The third-order valence-corrected chi connectivity index (χ3v) is 6.05. The molecule has 0 saturated heterocycles. The molecule has 0 aliphatic heterocycles. The van der Waals surface area contributed by atoms with Crippen LogP contribution in [0, 0.1) is 8.34 Å². The SMILES string of the molecule is Cn1c(SCc2n[nH]c(=S)n2-c2ccccc2)nc2ccc(I)cc2c1=O. The first-order valence-corrected chi connectivity index (χ1v) is 10.5. The highest BCUT2D eigenvalue weighted by Crippen LogP contribution is 2.23. The summed E-state index contributed by atoms with van der Waals surface area (Å²) >= 11 is 9.02. The Bertz CT molecular complexity index is 1250. The minimum absolute atomic E-state index is 0.0528. The molecule has 0 amide bonds. The lowest BCUT2D eigenvalue weighted by atomic mass is 10.2. The van der Waals surface area contributed by atoms with Crippen molar-refractivity contribution >= 4 is 57.5 Å². The second-order valence-electron chi connectivity index (χ2n) is 5.82. The summed E-state index contributed by atoms with van der Waals surface area (Å²) in [5.41, 5.74) is 1.59. The van der Waals surface area contributed by atoms with Crippen molar-refractivity contribution in [2.45, 2.75) is 10.9 Å². The number of benzene rings is 2. The van der Waals surface area contributed by atoms with Crippen LogP contribution in [-0.2, 0) is 12.8 Å². The van der Waals surface area contributed by atoms with Gasteiger partial charge in [-0.1, -0.05) is 30.0 Å². The van der Waals surface area contributed by atoms with Crippen molar-refractivity contribution < 1.29 is 0 Å². The molecule has 2 aromatic heterocycles. The summed E-state index contributed by atoms with van der Waals surface area (Å²) in [5, 5.41) is 8.46. The van der Waals surface area contributed by atoms with Crippen molar-refractivity contribution in [2.75, 3.05) is 0 Å². The Hall–Kier alpha value is -1.98. The molecule has 0 aliphatic carbocycles. The summed E-state index contributed by atoms with van der Waals surface area (Å²) in [6.45, 7) is 0. The van der Waals surface area contributed by atoms with E-state index in [9.17, 15) is 4.79 Å². The lowest BCUT2D eigenvalue weighted by Crippen LogP contribution is -2.20. The normalized spacial score (nSPS) is 11.2. The minimum Gasteiger partial charge on any atom is -0.290 e.